The zero-order chi connectivity index (χ0) is 13.1. The average Bonchev–Trinajstić information content (AvgIpc) is 2.87. The number of anilines is 1. The third-order valence-corrected chi connectivity index (χ3v) is 2.72. The van der Waals surface area contributed by atoms with Crippen LogP contribution in [0, 0.1) is 0 Å². The topological polar surface area (TPSA) is 87.8 Å². The summed E-state index contributed by atoms with van der Waals surface area (Å²) in [5, 5.41) is 4.02. The predicted molar refractivity (Wildman–Crippen MR) is 67.3 cm³/mol. The molecule has 2 heterocycles. The molecule has 2 N–H and O–H groups in total. The second-order valence-corrected chi connectivity index (χ2v) is 3.88. The van der Waals surface area contributed by atoms with Gasteiger partial charge in [-0.15, -0.1) is 0 Å². The van der Waals surface area contributed by atoms with Crippen molar-refractivity contribution in [1.29, 1.82) is 0 Å². The molecule has 0 spiro atoms. The molecule has 0 atom stereocenters. The fourth-order valence-electron chi connectivity index (χ4n) is 1.73. The third-order valence-electron chi connectivity index (χ3n) is 2.72. The minimum absolute atomic E-state index is 0.0805. The summed E-state index contributed by atoms with van der Waals surface area (Å²) in [5.41, 5.74) is 4.89. The molecule has 0 amide bonds. The van der Waals surface area contributed by atoms with Crippen molar-refractivity contribution in [2.45, 2.75) is 26.6 Å². The van der Waals surface area contributed by atoms with Gasteiger partial charge in [0.25, 0.3) is 5.56 Å². The first kappa shape index (κ1) is 12.2. The maximum Gasteiger partial charge on any atom is 0.331 e. The van der Waals surface area contributed by atoms with Crippen LogP contribution in [0.2, 0.25) is 0 Å². The van der Waals surface area contributed by atoms with Crippen molar-refractivity contribution in [3.05, 3.63) is 45.5 Å². The van der Waals surface area contributed by atoms with Crippen molar-refractivity contribution in [2.24, 2.45) is 0 Å². The summed E-state index contributed by atoms with van der Waals surface area (Å²) in [6.45, 7) is 3.01. The number of hydrogen-bond donors (Lipinski definition) is 1. The van der Waals surface area contributed by atoms with Gasteiger partial charge in [-0.25, -0.2) is 4.79 Å². The highest BCUT2D eigenvalue weighted by Crippen LogP contribution is 1.91. The van der Waals surface area contributed by atoms with Crippen LogP contribution in [0.5, 0.6) is 0 Å². The number of nitrogens with two attached hydrogens (primary N) is 1. The number of nitrogen functional groups attached to an aromatic ring is 1. The highest BCUT2D eigenvalue weighted by atomic mass is 16.2. The molecule has 0 saturated carbocycles. The van der Waals surface area contributed by atoms with Crippen LogP contribution in [0.15, 0.2) is 34.2 Å². The summed E-state index contributed by atoms with van der Waals surface area (Å²) in [6.07, 6.45) is 4.80. The smallest absolute Gasteiger partial charge is 0.331 e. The maximum atomic E-state index is 12.0. The number of hydrogen-bond acceptors (Lipinski definition) is 4. The van der Waals surface area contributed by atoms with Crippen molar-refractivity contribution in [3.63, 3.8) is 0 Å². The van der Waals surface area contributed by atoms with Crippen molar-refractivity contribution >= 4 is 5.69 Å². The van der Waals surface area contributed by atoms with Crippen LogP contribution in [0.25, 0.3) is 0 Å². The van der Waals surface area contributed by atoms with E-state index in [9.17, 15) is 9.59 Å². The minimum atomic E-state index is -0.447. The van der Waals surface area contributed by atoms with Crippen molar-refractivity contribution in [2.75, 3.05) is 5.73 Å². The van der Waals surface area contributed by atoms with E-state index in [1.807, 2.05) is 6.92 Å². The fourth-order valence-corrected chi connectivity index (χ4v) is 1.73. The summed E-state index contributed by atoms with van der Waals surface area (Å²) in [5.74, 6) is 0. The molecule has 0 aliphatic carbocycles. The first-order valence-electron chi connectivity index (χ1n) is 5.70. The first-order valence-corrected chi connectivity index (χ1v) is 5.70. The molecule has 0 aromatic carbocycles. The SMILES string of the molecule is CCn1cc(N)c(=O)n(CCn2cccn2)c1=O. The summed E-state index contributed by atoms with van der Waals surface area (Å²) in [4.78, 5) is 23.8. The highest BCUT2D eigenvalue weighted by molar-refractivity contribution is 5.30. The molecule has 2 aromatic rings. The molecule has 0 unspecified atom stereocenters. The number of aromatic nitrogens is 4. The Morgan fingerprint density at radius 2 is 2.11 bits per heavy atom. The standard InChI is InChI=1S/C11H15N5O2/c1-2-14-8-9(12)10(17)16(11(14)18)7-6-15-5-3-4-13-15/h3-5,8H,2,6-7,12H2,1H3. The Morgan fingerprint density at radius 1 is 1.33 bits per heavy atom. The molecule has 0 bridgehead atoms. The van der Waals surface area contributed by atoms with Gasteiger partial charge in [0.2, 0.25) is 0 Å². The highest BCUT2D eigenvalue weighted by Gasteiger charge is 2.08. The van der Waals surface area contributed by atoms with Crippen LogP contribution in [-0.4, -0.2) is 18.9 Å². The molecule has 0 saturated heterocycles. The number of aryl methyl sites for hydroxylation is 2. The molecule has 0 fully saturated rings. The monoisotopic (exact) mass is 249 g/mol. The fraction of sp³-hybridized carbons (Fsp3) is 0.364. The molecule has 2 aromatic heterocycles. The predicted octanol–water partition coefficient (Wildman–Crippen LogP) is -0.491. The Bertz CT molecular complexity index is 638. The normalized spacial score (nSPS) is 10.7. The maximum absolute atomic E-state index is 12.0. The zero-order valence-electron chi connectivity index (χ0n) is 10.1. The molecule has 0 radical (unpaired) electrons. The lowest BCUT2D eigenvalue weighted by Gasteiger charge is -2.09. The molecular formula is C11H15N5O2. The number of rotatable bonds is 4. The molecule has 0 aliphatic rings. The van der Waals surface area contributed by atoms with E-state index >= 15 is 0 Å². The summed E-state index contributed by atoms with van der Waals surface area (Å²) in [7, 11) is 0. The third kappa shape index (κ3) is 2.20. The van der Waals surface area contributed by atoms with Gasteiger partial charge in [0.1, 0.15) is 5.69 Å². The van der Waals surface area contributed by atoms with Gasteiger partial charge in [0.15, 0.2) is 0 Å². The Hall–Kier alpha value is -2.31. The summed E-state index contributed by atoms with van der Waals surface area (Å²) < 4.78 is 4.21. The Balaban J connectivity index is 2.35. The molecule has 96 valence electrons. The largest absolute Gasteiger partial charge is 0.393 e. The summed E-state index contributed by atoms with van der Waals surface area (Å²) in [6, 6.07) is 1.78. The minimum Gasteiger partial charge on any atom is -0.393 e. The van der Waals surface area contributed by atoms with E-state index in [1.54, 1.807) is 23.1 Å². The molecule has 2 rings (SSSR count). The van der Waals surface area contributed by atoms with Crippen LogP contribution in [0.3, 0.4) is 0 Å². The molecule has 7 nitrogen and oxygen atoms in total. The Kier molecular flexibility index (Phi) is 3.31. The lowest BCUT2D eigenvalue weighted by atomic mass is 10.5. The van der Waals surface area contributed by atoms with E-state index in [4.69, 9.17) is 5.73 Å². The van der Waals surface area contributed by atoms with Gasteiger partial charge < -0.3 is 5.73 Å². The lowest BCUT2D eigenvalue weighted by molar-refractivity contribution is 0.490. The zero-order valence-corrected chi connectivity index (χ0v) is 10.1. The Morgan fingerprint density at radius 3 is 2.72 bits per heavy atom. The molecule has 0 aliphatic heterocycles. The van der Waals surface area contributed by atoms with Gasteiger partial charge in [-0.1, -0.05) is 0 Å². The molecule has 18 heavy (non-hydrogen) atoms. The van der Waals surface area contributed by atoms with Crippen LogP contribution < -0.4 is 17.0 Å². The van der Waals surface area contributed by atoms with E-state index in [2.05, 4.69) is 5.10 Å². The average molecular weight is 249 g/mol. The van der Waals surface area contributed by atoms with Crippen LogP contribution in [0.1, 0.15) is 6.92 Å². The molecular weight excluding hydrogens is 234 g/mol. The molecule has 7 heteroatoms. The van der Waals surface area contributed by atoms with Crippen molar-refractivity contribution < 1.29 is 0 Å². The second-order valence-electron chi connectivity index (χ2n) is 3.88. The second kappa shape index (κ2) is 4.91. The number of nitrogens with zero attached hydrogens (tertiary/aromatic N) is 4. The van der Waals surface area contributed by atoms with Crippen LogP contribution in [0.4, 0.5) is 5.69 Å². The van der Waals surface area contributed by atoms with Gasteiger partial charge in [-0.2, -0.15) is 5.10 Å². The van der Waals surface area contributed by atoms with Crippen LogP contribution >= 0.6 is 0 Å². The van der Waals surface area contributed by atoms with E-state index in [1.165, 1.54) is 10.8 Å². The van der Waals surface area contributed by atoms with Gasteiger partial charge in [-0.05, 0) is 13.0 Å². The van der Waals surface area contributed by atoms with E-state index in [0.29, 0.717) is 13.1 Å². The van der Waals surface area contributed by atoms with Crippen molar-refractivity contribution in [3.8, 4) is 0 Å². The van der Waals surface area contributed by atoms with E-state index in [0.717, 1.165) is 4.57 Å². The van der Waals surface area contributed by atoms with Gasteiger partial charge in [-0.3, -0.25) is 18.6 Å². The quantitative estimate of drug-likeness (QED) is 0.792. The van der Waals surface area contributed by atoms with E-state index < -0.39 is 5.56 Å². The van der Waals surface area contributed by atoms with Crippen molar-refractivity contribution in [1.82, 2.24) is 18.9 Å². The van der Waals surface area contributed by atoms with E-state index in [-0.39, 0.29) is 17.9 Å². The van der Waals surface area contributed by atoms with Gasteiger partial charge in [0.05, 0.1) is 13.1 Å². The van der Waals surface area contributed by atoms with Gasteiger partial charge >= 0.3 is 5.69 Å². The van der Waals surface area contributed by atoms with Crippen LogP contribution in [-0.2, 0) is 19.6 Å². The van der Waals surface area contributed by atoms with Gasteiger partial charge in [0, 0.05) is 25.1 Å². The lowest BCUT2D eigenvalue weighted by Crippen LogP contribution is -2.41. The Labute approximate surface area is 103 Å². The first-order chi connectivity index (χ1) is 8.63. The summed E-state index contributed by atoms with van der Waals surface area (Å²) >= 11 is 0.